The van der Waals surface area contributed by atoms with Crippen LogP contribution >= 0.6 is 0 Å². The Morgan fingerprint density at radius 1 is 1.41 bits per heavy atom. The molecule has 0 heterocycles. The zero-order valence-electron chi connectivity index (χ0n) is 13.1. The highest BCUT2D eigenvalue weighted by Crippen LogP contribution is 2.22. The van der Waals surface area contributed by atoms with Crippen LogP contribution in [0.2, 0.25) is 0 Å². The molecule has 1 aromatic rings. The number of benzene rings is 1. The topological polar surface area (TPSA) is 64.6 Å². The van der Waals surface area contributed by atoms with E-state index < -0.39 is 11.9 Å². The van der Waals surface area contributed by atoms with Crippen molar-refractivity contribution in [1.82, 2.24) is 15.5 Å². The van der Waals surface area contributed by atoms with Crippen molar-refractivity contribution in [3.05, 3.63) is 35.6 Å². The van der Waals surface area contributed by atoms with Crippen LogP contribution in [0.5, 0.6) is 0 Å². The van der Waals surface area contributed by atoms with Gasteiger partial charge in [-0.1, -0.05) is 18.2 Å². The van der Waals surface area contributed by atoms with Gasteiger partial charge in [-0.25, -0.2) is 9.18 Å². The largest absolute Gasteiger partial charge is 0.386 e. The number of amides is 2. The minimum absolute atomic E-state index is 0.0173. The van der Waals surface area contributed by atoms with Crippen LogP contribution in [-0.4, -0.2) is 48.8 Å². The molecule has 2 rings (SSSR count). The van der Waals surface area contributed by atoms with Gasteiger partial charge in [-0.15, -0.1) is 0 Å². The van der Waals surface area contributed by atoms with Crippen molar-refractivity contribution in [3.63, 3.8) is 0 Å². The van der Waals surface area contributed by atoms with Crippen LogP contribution in [0.1, 0.15) is 30.9 Å². The molecule has 1 aliphatic carbocycles. The molecule has 122 valence electrons. The third kappa shape index (κ3) is 4.42. The first-order valence-corrected chi connectivity index (χ1v) is 7.60. The minimum atomic E-state index is -1.05. The molecule has 0 radical (unpaired) electrons. The van der Waals surface area contributed by atoms with Gasteiger partial charge in [0.2, 0.25) is 0 Å². The SMILES string of the molecule is CN(C)C1CCC(NC(=O)NCC(O)c2ccccc2F)C1. The molecule has 0 spiro atoms. The van der Waals surface area contributed by atoms with Crippen LogP contribution < -0.4 is 10.6 Å². The summed E-state index contributed by atoms with van der Waals surface area (Å²) in [5.74, 6) is -0.471. The third-order valence-electron chi connectivity index (χ3n) is 4.19. The van der Waals surface area contributed by atoms with Gasteiger partial charge in [-0.2, -0.15) is 0 Å². The quantitative estimate of drug-likeness (QED) is 0.775. The zero-order valence-corrected chi connectivity index (χ0v) is 13.1. The summed E-state index contributed by atoms with van der Waals surface area (Å²) in [6.45, 7) is -0.0173. The third-order valence-corrected chi connectivity index (χ3v) is 4.19. The standard InChI is InChI=1S/C16H24FN3O2/c1-20(2)12-8-7-11(9-12)19-16(22)18-10-15(21)13-5-3-4-6-14(13)17/h3-6,11-12,15,21H,7-10H2,1-2H3,(H2,18,19,22). The highest BCUT2D eigenvalue weighted by atomic mass is 19.1. The molecule has 1 saturated carbocycles. The van der Waals surface area contributed by atoms with Crippen LogP contribution in [-0.2, 0) is 0 Å². The molecule has 0 aliphatic heterocycles. The molecule has 3 atom stereocenters. The van der Waals surface area contributed by atoms with Gasteiger partial charge in [0.1, 0.15) is 5.82 Å². The van der Waals surface area contributed by atoms with Crippen molar-refractivity contribution in [1.29, 1.82) is 0 Å². The summed E-state index contributed by atoms with van der Waals surface area (Å²) >= 11 is 0. The second-order valence-electron chi connectivity index (χ2n) is 6.02. The van der Waals surface area contributed by atoms with Crippen LogP contribution in [0.25, 0.3) is 0 Å². The van der Waals surface area contributed by atoms with Gasteiger partial charge >= 0.3 is 6.03 Å². The molecule has 3 N–H and O–H groups in total. The van der Waals surface area contributed by atoms with E-state index in [1.54, 1.807) is 12.1 Å². The molecule has 1 aliphatic rings. The number of aliphatic hydroxyl groups is 1. The number of carbonyl (C=O) groups excluding carboxylic acids is 1. The molecular weight excluding hydrogens is 285 g/mol. The first-order valence-electron chi connectivity index (χ1n) is 7.60. The number of nitrogens with one attached hydrogen (secondary N) is 2. The summed E-state index contributed by atoms with van der Waals surface area (Å²) in [6.07, 6.45) is 1.89. The van der Waals surface area contributed by atoms with Crippen LogP contribution in [0, 0.1) is 5.82 Å². The molecule has 2 amide bonds. The second-order valence-corrected chi connectivity index (χ2v) is 6.02. The summed E-state index contributed by atoms with van der Waals surface area (Å²) in [4.78, 5) is 14.0. The van der Waals surface area contributed by atoms with Gasteiger partial charge in [0.05, 0.1) is 6.10 Å². The van der Waals surface area contributed by atoms with E-state index in [1.165, 1.54) is 12.1 Å². The number of rotatable bonds is 5. The van der Waals surface area contributed by atoms with E-state index in [0.717, 1.165) is 19.3 Å². The first kappa shape index (κ1) is 16.7. The van der Waals surface area contributed by atoms with E-state index in [9.17, 15) is 14.3 Å². The number of aliphatic hydroxyl groups excluding tert-OH is 1. The molecule has 1 aromatic carbocycles. The predicted molar refractivity (Wildman–Crippen MR) is 83.0 cm³/mol. The molecule has 3 unspecified atom stereocenters. The first-order chi connectivity index (χ1) is 10.5. The van der Waals surface area contributed by atoms with Crippen molar-refractivity contribution < 1.29 is 14.3 Å². The Morgan fingerprint density at radius 3 is 2.77 bits per heavy atom. The molecule has 22 heavy (non-hydrogen) atoms. The fraction of sp³-hybridized carbons (Fsp3) is 0.562. The van der Waals surface area contributed by atoms with E-state index in [0.29, 0.717) is 6.04 Å². The average molecular weight is 309 g/mol. The summed E-state index contributed by atoms with van der Waals surface area (Å²) < 4.78 is 13.5. The zero-order chi connectivity index (χ0) is 16.1. The lowest BCUT2D eigenvalue weighted by molar-refractivity contribution is 0.168. The maximum atomic E-state index is 13.5. The molecule has 6 heteroatoms. The molecule has 1 fully saturated rings. The Balaban J connectivity index is 1.75. The van der Waals surface area contributed by atoms with Gasteiger partial charge in [0.15, 0.2) is 0 Å². The van der Waals surface area contributed by atoms with Gasteiger partial charge in [0, 0.05) is 24.2 Å². The minimum Gasteiger partial charge on any atom is -0.386 e. The molecule has 0 saturated heterocycles. The molecule has 0 bridgehead atoms. The Morgan fingerprint density at radius 2 is 2.14 bits per heavy atom. The van der Waals surface area contributed by atoms with Crippen molar-refractivity contribution in [2.24, 2.45) is 0 Å². The summed E-state index contributed by atoms with van der Waals surface area (Å²) in [5, 5.41) is 15.4. The van der Waals surface area contributed by atoms with Crippen molar-refractivity contribution in [2.45, 2.75) is 37.5 Å². The van der Waals surface area contributed by atoms with E-state index in [1.807, 2.05) is 14.1 Å². The van der Waals surface area contributed by atoms with Crippen molar-refractivity contribution in [3.8, 4) is 0 Å². The van der Waals surface area contributed by atoms with Gasteiger partial charge < -0.3 is 20.6 Å². The Hall–Kier alpha value is -1.66. The molecule has 5 nitrogen and oxygen atoms in total. The number of urea groups is 1. The predicted octanol–water partition coefficient (Wildman–Crippen LogP) is 1.64. The number of halogens is 1. The van der Waals surface area contributed by atoms with E-state index in [4.69, 9.17) is 0 Å². The number of hydrogen-bond donors (Lipinski definition) is 3. The van der Waals surface area contributed by atoms with Crippen molar-refractivity contribution >= 4 is 6.03 Å². The lowest BCUT2D eigenvalue weighted by atomic mass is 10.1. The summed E-state index contributed by atoms with van der Waals surface area (Å²) in [5.41, 5.74) is 0.191. The Labute approximate surface area is 130 Å². The normalized spacial score (nSPS) is 22.6. The maximum Gasteiger partial charge on any atom is 0.315 e. The van der Waals surface area contributed by atoms with Crippen LogP contribution in [0.3, 0.4) is 0 Å². The maximum absolute atomic E-state index is 13.5. The second kappa shape index (κ2) is 7.56. The monoisotopic (exact) mass is 309 g/mol. The highest BCUT2D eigenvalue weighted by Gasteiger charge is 2.27. The van der Waals surface area contributed by atoms with Gasteiger partial charge in [-0.3, -0.25) is 0 Å². The lowest BCUT2D eigenvalue weighted by Gasteiger charge is -2.19. The molecular formula is C16H24FN3O2. The lowest BCUT2D eigenvalue weighted by Crippen LogP contribution is -2.43. The van der Waals surface area contributed by atoms with Gasteiger partial charge in [0.25, 0.3) is 0 Å². The Bertz CT molecular complexity index is 510. The smallest absolute Gasteiger partial charge is 0.315 e. The molecule has 0 aromatic heterocycles. The van der Waals surface area contributed by atoms with E-state index in [-0.39, 0.29) is 24.2 Å². The van der Waals surface area contributed by atoms with Gasteiger partial charge in [-0.05, 0) is 39.4 Å². The fourth-order valence-electron chi connectivity index (χ4n) is 2.84. The van der Waals surface area contributed by atoms with E-state index >= 15 is 0 Å². The number of carbonyl (C=O) groups is 1. The van der Waals surface area contributed by atoms with Crippen molar-refractivity contribution in [2.75, 3.05) is 20.6 Å². The average Bonchev–Trinajstić information content (AvgIpc) is 2.94. The summed E-state index contributed by atoms with van der Waals surface area (Å²) in [7, 11) is 4.08. The van der Waals surface area contributed by atoms with Crippen LogP contribution in [0.15, 0.2) is 24.3 Å². The fourth-order valence-corrected chi connectivity index (χ4v) is 2.84. The number of nitrogens with zero attached hydrogens (tertiary/aromatic N) is 1. The highest BCUT2D eigenvalue weighted by molar-refractivity contribution is 5.74. The summed E-state index contributed by atoms with van der Waals surface area (Å²) in [6, 6.07) is 6.35. The Kier molecular flexibility index (Phi) is 5.74. The number of hydrogen-bond acceptors (Lipinski definition) is 3. The van der Waals surface area contributed by atoms with E-state index in [2.05, 4.69) is 15.5 Å². The van der Waals surface area contributed by atoms with Crippen LogP contribution in [0.4, 0.5) is 9.18 Å².